The summed E-state index contributed by atoms with van der Waals surface area (Å²) >= 11 is 5.96. The molecule has 8 heteroatoms. The molecule has 0 fully saturated rings. The number of ether oxygens (including phenoxy) is 1. The minimum absolute atomic E-state index is 0.0339. The van der Waals surface area contributed by atoms with Crippen LogP contribution >= 0.6 is 11.6 Å². The smallest absolute Gasteiger partial charge is 0.229 e. The van der Waals surface area contributed by atoms with Gasteiger partial charge in [-0.2, -0.15) is 5.10 Å². The van der Waals surface area contributed by atoms with Crippen LogP contribution in [0, 0.1) is 0 Å². The van der Waals surface area contributed by atoms with Crippen LogP contribution in [0.1, 0.15) is 24.0 Å². The first-order valence-electron chi connectivity index (χ1n) is 9.87. The number of amides is 1. The first kappa shape index (κ1) is 19.5. The van der Waals surface area contributed by atoms with Crippen molar-refractivity contribution in [2.75, 3.05) is 18.0 Å². The number of halogens is 1. The van der Waals surface area contributed by atoms with Gasteiger partial charge in [0.1, 0.15) is 11.5 Å². The van der Waals surface area contributed by atoms with Gasteiger partial charge in [-0.1, -0.05) is 23.7 Å². The molecular weight excluding hydrogens is 416 g/mol. The quantitative estimate of drug-likeness (QED) is 0.655. The number of carbonyl (C=O) groups is 2. The summed E-state index contributed by atoms with van der Waals surface area (Å²) in [5, 5.41) is 10.9. The van der Waals surface area contributed by atoms with Crippen molar-refractivity contribution in [2.24, 2.45) is 0 Å². The lowest BCUT2D eigenvalue weighted by atomic mass is 9.79. The van der Waals surface area contributed by atoms with Gasteiger partial charge < -0.3 is 10.1 Å². The van der Waals surface area contributed by atoms with Gasteiger partial charge in [-0.15, -0.1) is 0 Å². The van der Waals surface area contributed by atoms with Gasteiger partial charge in [0, 0.05) is 47.4 Å². The molecule has 2 aliphatic rings. The van der Waals surface area contributed by atoms with Gasteiger partial charge >= 0.3 is 0 Å². The Morgan fingerprint density at radius 1 is 1.16 bits per heavy atom. The molecule has 0 saturated carbocycles. The molecule has 1 unspecified atom stereocenters. The second-order valence-electron chi connectivity index (χ2n) is 7.47. The van der Waals surface area contributed by atoms with Crippen molar-refractivity contribution in [3.63, 3.8) is 0 Å². The van der Waals surface area contributed by atoms with Gasteiger partial charge in [0.05, 0.1) is 6.54 Å². The molecule has 0 saturated heterocycles. The van der Waals surface area contributed by atoms with Crippen molar-refractivity contribution >= 4 is 29.1 Å². The Labute approximate surface area is 183 Å². The molecule has 1 amide bonds. The lowest BCUT2D eigenvalue weighted by Gasteiger charge is -2.37. The number of anilines is 1. The predicted octanol–water partition coefficient (Wildman–Crippen LogP) is 3.78. The maximum Gasteiger partial charge on any atom is 0.229 e. The van der Waals surface area contributed by atoms with E-state index in [1.54, 1.807) is 30.5 Å². The maximum atomic E-state index is 13.0. The number of carbonyl (C=O) groups excluding carboxylic acids is 2. The monoisotopic (exact) mass is 434 g/mol. The van der Waals surface area contributed by atoms with E-state index in [0.29, 0.717) is 40.2 Å². The summed E-state index contributed by atoms with van der Waals surface area (Å²) in [4.78, 5) is 26.9. The highest BCUT2D eigenvalue weighted by Gasteiger charge is 2.41. The van der Waals surface area contributed by atoms with Crippen LogP contribution in [-0.2, 0) is 9.59 Å². The van der Waals surface area contributed by atoms with Crippen molar-refractivity contribution in [1.29, 1.82) is 0 Å². The number of aromatic amines is 1. The SMILES string of the molecule is CC(=O)N1C2=C(C(=O)CNC2)C(c2cccc(Oc3ccc(Cl)cc3)c2)c2c[nH]nc21. The van der Waals surface area contributed by atoms with E-state index in [4.69, 9.17) is 16.3 Å². The minimum Gasteiger partial charge on any atom is -0.457 e. The number of hydrogen-bond donors (Lipinski definition) is 2. The molecule has 31 heavy (non-hydrogen) atoms. The zero-order valence-corrected chi connectivity index (χ0v) is 17.4. The molecule has 2 N–H and O–H groups in total. The molecule has 0 bridgehead atoms. The Balaban J connectivity index is 1.60. The van der Waals surface area contributed by atoms with Crippen LogP contribution in [0.25, 0.3) is 0 Å². The van der Waals surface area contributed by atoms with E-state index in [9.17, 15) is 9.59 Å². The van der Waals surface area contributed by atoms with Crippen molar-refractivity contribution in [3.05, 3.63) is 82.1 Å². The van der Waals surface area contributed by atoms with Crippen LogP contribution in [-0.4, -0.2) is 35.0 Å². The van der Waals surface area contributed by atoms with Crippen LogP contribution in [0.3, 0.4) is 0 Å². The number of H-pyrrole nitrogens is 1. The van der Waals surface area contributed by atoms with E-state index in [0.717, 1.165) is 11.1 Å². The molecule has 2 aromatic carbocycles. The number of aromatic nitrogens is 2. The topological polar surface area (TPSA) is 87.3 Å². The molecular formula is C23H19ClN4O3. The maximum absolute atomic E-state index is 13.0. The first-order valence-corrected chi connectivity index (χ1v) is 10.3. The number of rotatable bonds is 3. The highest BCUT2D eigenvalue weighted by molar-refractivity contribution is 6.30. The Hall–Kier alpha value is -3.42. The second-order valence-corrected chi connectivity index (χ2v) is 7.90. The van der Waals surface area contributed by atoms with Gasteiger partial charge in [0.2, 0.25) is 5.91 Å². The van der Waals surface area contributed by atoms with Gasteiger partial charge in [0.15, 0.2) is 11.6 Å². The molecule has 3 aromatic rings. The fraction of sp³-hybridized carbons (Fsp3) is 0.174. The van der Waals surface area contributed by atoms with Crippen LogP contribution < -0.4 is 15.0 Å². The average Bonchev–Trinajstić information content (AvgIpc) is 3.23. The van der Waals surface area contributed by atoms with Crippen molar-refractivity contribution < 1.29 is 14.3 Å². The zero-order chi connectivity index (χ0) is 21.5. The molecule has 1 aromatic heterocycles. The molecule has 156 valence electrons. The molecule has 7 nitrogen and oxygen atoms in total. The van der Waals surface area contributed by atoms with Gasteiger partial charge in [-0.3, -0.25) is 19.6 Å². The Morgan fingerprint density at radius 3 is 2.74 bits per heavy atom. The summed E-state index contributed by atoms with van der Waals surface area (Å²) in [6.45, 7) is 2.13. The minimum atomic E-state index is -0.345. The fourth-order valence-electron chi connectivity index (χ4n) is 4.22. The number of hydrogen-bond acceptors (Lipinski definition) is 5. The summed E-state index contributed by atoms with van der Waals surface area (Å²) < 4.78 is 6.00. The summed E-state index contributed by atoms with van der Waals surface area (Å²) in [5.41, 5.74) is 2.94. The average molecular weight is 435 g/mol. The van der Waals surface area contributed by atoms with Crippen molar-refractivity contribution in [3.8, 4) is 11.5 Å². The standard InChI is InChI=1S/C23H19ClN4O3/c1-13(29)28-19-11-25-12-20(30)22(19)21(18-10-26-27-23(18)28)14-3-2-4-17(9-14)31-16-7-5-15(24)6-8-16/h2-10,21,25H,11-12H2,1H3,(H,26,27). The number of nitrogens with one attached hydrogen (secondary N) is 2. The van der Waals surface area contributed by atoms with E-state index >= 15 is 0 Å². The highest BCUT2D eigenvalue weighted by atomic mass is 35.5. The van der Waals surface area contributed by atoms with Gasteiger partial charge in [-0.25, -0.2) is 0 Å². The molecule has 0 radical (unpaired) electrons. The van der Waals surface area contributed by atoms with Crippen LogP contribution in [0.4, 0.5) is 5.82 Å². The van der Waals surface area contributed by atoms with Gasteiger partial charge in [0.25, 0.3) is 0 Å². The van der Waals surface area contributed by atoms with Crippen LogP contribution in [0.5, 0.6) is 11.5 Å². The third-order valence-electron chi connectivity index (χ3n) is 5.48. The third-order valence-corrected chi connectivity index (χ3v) is 5.73. The van der Waals surface area contributed by atoms with Crippen LogP contribution in [0.15, 0.2) is 66.0 Å². The van der Waals surface area contributed by atoms with Gasteiger partial charge in [-0.05, 0) is 42.0 Å². The van der Waals surface area contributed by atoms with E-state index in [1.807, 2.05) is 24.3 Å². The van der Waals surface area contributed by atoms with E-state index in [2.05, 4.69) is 15.5 Å². The molecule has 0 spiro atoms. The summed E-state index contributed by atoms with van der Waals surface area (Å²) in [5.74, 6) is 1.26. The van der Waals surface area contributed by atoms with E-state index < -0.39 is 0 Å². The number of fused-ring (bicyclic) bond motifs is 1. The molecule has 5 rings (SSSR count). The number of ketones is 1. The Bertz CT molecular complexity index is 1220. The molecule has 3 heterocycles. The molecule has 2 aliphatic heterocycles. The summed E-state index contributed by atoms with van der Waals surface area (Å²) in [6.07, 6.45) is 1.75. The fourth-order valence-corrected chi connectivity index (χ4v) is 4.35. The molecule has 1 atom stereocenters. The Kier molecular flexibility index (Phi) is 4.84. The largest absolute Gasteiger partial charge is 0.457 e. The third kappa shape index (κ3) is 3.41. The summed E-state index contributed by atoms with van der Waals surface area (Å²) in [6, 6.07) is 14.7. The normalized spacial score (nSPS) is 17.9. The number of nitrogens with zero attached hydrogens (tertiary/aromatic N) is 2. The zero-order valence-electron chi connectivity index (χ0n) is 16.7. The lowest BCUT2D eigenvalue weighted by molar-refractivity contribution is -0.116. The second kappa shape index (κ2) is 7.68. The number of Topliss-reactive ketones (excluding diaryl/α,β-unsaturated/α-hetero) is 1. The number of benzene rings is 2. The van der Waals surface area contributed by atoms with E-state index in [1.165, 1.54) is 11.8 Å². The summed E-state index contributed by atoms with van der Waals surface area (Å²) in [7, 11) is 0. The molecule has 0 aliphatic carbocycles. The van der Waals surface area contributed by atoms with Crippen molar-refractivity contribution in [2.45, 2.75) is 12.8 Å². The predicted molar refractivity (Wildman–Crippen MR) is 116 cm³/mol. The lowest BCUT2D eigenvalue weighted by Crippen LogP contribution is -2.45. The Morgan fingerprint density at radius 2 is 1.97 bits per heavy atom. The van der Waals surface area contributed by atoms with E-state index in [-0.39, 0.29) is 24.2 Å². The highest BCUT2D eigenvalue weighted by Crippen LogP contribution is 2.45. The first-order chi connectivity index (χ1) is 15.0. The van der Waals surface area contributed by atoms with Crippen LogP contribution in [0.2, 0.25) is 5.02 Å². The van der Waals surface area contributed by atoms with Crippen molar-refractivity contribution in [1.82, 2.24) is 15.5 Å².